The number of nitrogens with zero attached hydrogens (tertiary/aromatic N) is 3. The molecule has 5 heteroatoms. The first-order valence-corrected chi connectivity index (χ1v) is 3.77. The zero-order valence-corrected chi connectivity index (χ0v) is 7.15. The predicted octanol–water partition coefficient (Wildman–Crippen LogP) is 0.382. The number of rotatable bonds is 3. The summed E-state index contributed by atoms with van der Waals surface area (Å²) in [6.45, 7) is 2.37. The molecular formula is C7H11N3O2. The Labute approximate surface area is 70.3 Å². The van der Waals surface area contributed by atoms with Gasteiger partial charge in [-0.05, 0) is 6.42 Å². The lowest BCUT2D eigenvalue weighted by atomic mass is 10.4. The second kappa shape index (κ2) is 3.85. The van der Waals surface area contributed by atoms with Crippen LogP contribution >= 0.6 is 0 Å². The van der Waals surface area contributed by atoms with E-state index in [9.17, 15) is 4.79 Å². The summed E-state index contributed by atoms with van der Waals surface area (Å²) in [4.78, 5) is 11.2. The van der Waals surface area contributed by atoms with E-state index in [2.05, 4.69) is 10.3 Å². The number of ether oxygens (including phenoxy) is 1. The zero-order valence-electron chi connectivity index (χ0n) is 7.15. The number of hydrogen-bond donors (Lipinski definition) is 0. The lowest BCUT2D eigenvalue weighted by Gasteiger charge is -2.00. The van der Waals surface area contributed by atoms with Crippen LogP contribution in [0.5, 0.6) is 0 Å². The van der Waals surface area contributed by atoms with Crippen molar-refractivity contribution in [3.05, 3.63) is 11.9 Å². The van der Waals surface area contributed by atoms with Crippen LogP contribution in [0.25, 0.3) is 0 Å². The van der Waals surface area contributed by atoms with Gasteiger partial charge in [-0.2, -0.15) is 0 Å². The quantitative estimate of drug-likeness (QED) is 0.614. The lowest BCUT2D eigenvalue weighted by molar-refractivity contribution is 0.0492. The molecule has 0 aromatic carbocycles. The maximum atomic E-state index is 11.2. The van der Waals surface area contributed by atoms with Crippen LogP contribution in [0.4, 0.5) is 0 Å². The first-order valence-electron chi connectivity index (χ1n) is 3.77. The molecule has 0 atom stereocenters. The van der Waals surface area contributed by atoms with Gasteiger partial charge in [0.15, 0.2) is 5.69 Å². The molecule has 1 heterocycles. The molecule has 0 N–H and O–H groups in total. The van der Waals surface area contributed by atoms with Crippen LogP contribution in [0.2, 0.25) is 0 Å². The Balaban J connectivity index is 2.59. The van der Waals surface area contributed by atoms with Crippen molar-refractivity contribution in [3.63, 3.8) is 0 Å². The normalized spacial score (nSPS) is 9.83. The molecule has 1 aromatic heterocycles. The number of hydrogen-bond acceptors (Lipinski definition) is 4. The average molecular weight is 169 g/mol. The zero-order chi connectivity index (χ0) is 8.97. The van der Waals surface area contributed by atoms with Gasteiger partial charge in [0.25, 0.3) is 0 Å². The largest absolute Gasteiger partial charge is 0.461 e. The smallest absolute Gasteiger partial charge is 0.358 e. The molecule has 0 spiro atoms. The maximum absolute atomic E-state index is 11.2. The molecule has 0 saturated carbocycles. The second-order valence-electron chi connectivity index (χ2n) is 2.38. The van der Waals surface area contributed by atoms with Crippen LogP contribution in [-0.4, -0.2) is 27.6 Å². The summed E-state index contributed by atoms with van der Waals surface area (Å²) >= 11 is 0. The number of aromatic nitrogens is 3. The third-order valence-corrected chi connectivity index (χ3v) is 1.36. The Hall–Kier alpha value is -1.39. The van der Waals surface area contributed by atoms with Crippen LogP contribution in [0.15, 0.2) is 6.20 Å². The van der Waals surface area contributed by atoms with E-state index in [1.807, 2.05) is 6.92 Å². The van der Waals surface area contributed by atoms with Gasteiger partial charge in [-0.15, -0.1) is 5.10 Å². The van der Waals surface area contributed by atoms with E-state index < -0.39 is 0 Å². The van der Waals surface area contributed by atoms with Crippen LogP contribution in [0.3, 0.4) is 0 Å². The highest BCUT2D eigenvalue weighted by molar-refractivity contribution is 5.86. The Bertz CT molecular complexity index is 269. The van der Waals surface area contributed by atoms with Crippen molar-refractivity contribution in [2.45, 2.75) is 13.3 Å². The standard InChI is InChI=1S/C7H11N3O2/c1-3-4-12-7(11)6-5-8-9-10(6)2/h5H,3-4H2,1-2H3. The maximum Gasteiger partial charge on any atom is 0.358 e. The fraction of sp³-hybridized carbons (Fsp3) is 0.571. The number of aryl methyl sites for hydroxylation is 1. The Morgan fingerprint density at radius 2 is 2.50 bits per heavy atom. The molecule has 0 aliphatic carbocycles. The highest BCUT2D eigenvalue weighted by Crippen LogP contribution is 1.97. The van der Waals surface area contributed by atoms with Crippen molar-refractivity contribution >= 4 is 5.97 Å². The fourth-order valence-electron chi connectivity index (χ4n) is 0.743. The van der Waals surface area contributed by atoms with E-state index in [0.717, 1.165) is 6.42 Å². The molecule has 0 saturated heterocycles. The molecule has 0 radical (unpaired) electrons. The summed E-state index contributed by atoms with van der Waals surface area (Å²) in [5, 5.41) is 7.17. The van der Waals surface area contributed by atoms with Gasteiger partial charge in [-0.1, -0.05) is 12.1 Å². The van der Waals surface area contributed by atoms with Crippen molar-refractivity contribution in [1.29, 1.82) is 0 Å². The van der Waals surface area contributed by atoms with Crippen molar-refractivity contribution in [3.8, 4) is 0 Å². The Morgan fingerprint density at radius 3 is 3.00 bits per heavy atom. The first kappa shape index (κ1) is 8.70. The molecule has 0 unspecified atom stereocenters. The molecular weight excluding hydrogens is 158 g/mol. The summed E-state index contributed by atoms with van der Waals surface area (Å²) in [5.74, 6) is -0.371. The average Bonchev–Trinajstić information content (AvgIpc) is 2.47. The fourth-order valence-corrected chi connectivity index (χ4v) is 0.743. The molecule has 1 rings (SSSR count). The van der Waals surface area contributed by atoms with Crippen LogP contribution in [-0.2, 0) is 11.8 Å². The third-order valence-electron chi connectivity index (χ3n) is 1.36. The van der Waals surface area contributed by atoms with Gasteiger partial charge < -0.3 is 4.74 Å². The van der Waals surface area contributed by atoms with Crippen molar-refractivity contribution in [2.24, 2.45) is 7.05 Å². The molecule has 5 nitrogen and oxygen atoms in total. The number of carbonyl (C=O) groups excluding carboxylic acids is 1. The van der Waals surface area contributed by atoms with Crippen molar-refractivity contribution in [2.75, 3.05) is 6.61 Å². The summed E-state index contributed by atoms with van der Waals surface area (Å²) in [7, 11) is 1.65. The first-order chi connectivity index (χ1) is 5.75. The topological polar surface area (TPSA) is 57.0 Å². The van der Waals surface area contributed by atoms with E-state index in [-0.39, 0.29) is 5.97 Å². The molecule has 1 aromatic rings. The highest BCUT2D eigenvalue weighted by Gasteiger charge is 2.10. The minimum absolute atomic E-state index is 0.371. The van der Waals surface area contributed by atoms with Gasteiger partial charge in [0.05, 0.1) is 12.8 Å². The predicted molar refractivity (Wildman–Crippen MR) is 41.6 cm³/mol. The van der Waals surface area contributed by atoms with Crippen LogP contribution in [0, 0.1) is 0 Å². The molecule has 66 valence electrons. The minimum atomic E-state index is -0.371. The van der Waals surface area contributed by atoms with Gasteiger partial charge in [-0.25, -0.2) is 9.48 Å². The Morgan fingerprint density at radius 1 is 1.75 bits per heavy atom. The summed E-state index contributed by atoms with van der Waals surface area (Å²) in [6, 6.07) is 0. The van der Waals surface area contributed by atoms with Crippen LogP contribution < -0.4 is 0 Å². The van der Waals surface area contributed by atoms with Gasteiger partial charge >= 0.3 is 5.97 Å². The van der Waals surface area contributed by atoms with E-state index >= 15 is 0 Å². The van der Waals surface area contributed by atoms with Gasteiger partial charge in [0.1, 0.15) is 0 Å². The minimum Gasteiger partial charge on any atom is -0.461 e. The van der Waals surface area contributed by atoms with Gasteiger partial charge in [-0.3, -0.25) is 0 Å². The summed E-state index contributed by atoms with van der Waals surface area (Å²) < 4.78 is 6.26. The van der Waals surface area contributed by atoms with E-state index in [0.29, 0.717) is 12.3 Å². The monoisotopic (exact) mass is 169 g/mol. The van der Waals surface area contributed by atoms with Gasteiger partial charge in [0, 0.05) is 7.05 Å². The van der Waals surface area contributed by atoms with E-state index in [1.54, 1.807) is 7.05 Å². The summed E-state index contributed by atoms with van der Waals surface area (Å²) in [5.41, 5.74) is 0.378. The second-order valence-corrected chi connectivity index (χ2v) is 2.38. The van der Waals surface area contributed by atoms with Crippen molar-refractivity contribution in [1.82, 2.24) is 15.0 Å². The molecule has 0 aliphatic heterocycles. The lowest BCUT2D eigenvalue weighted by Crippen LogP contribution is -2.10. The van der Waals surface area contributed by atoms with E-state index in [4.69, 9.17) is 4.74 Å². The molecule has 12 heavy (non-hydrogen) atoms. The molecule has 0 amide bonds. The summed E-state index contributed by atoms with van der Waals surface area (Å²) in [6.07, 6.45) is 2.20. The number of carbonyl (C=O) groups is 1. The molecule has 0 aliphatic rings. The molecule has 0 bridgehead atoms. The van der Waals surface area contributed by atoms with E-state index in [1.165, 1.54) is 10.9 Å². The highest BCUT2D eigenvalue weighted by atomic mass is 16.5. The Kier molecular flexibility index (Phi) is 2.79. The SMILES string of the molecule is CCCOC(=O)c1cnnn1C. The number of esters is 1. The van der Waals surface area contributed by atoms with Crippen LogP contribution in [0.1, 0.15) is 23.8 Å². The van der Waals surface area contributed by atoms with Gasteiger partial charge in [0.2, 0.25) is 0 Å². The molecule has 0 fully saturated rings. The van der Waals surface area contributed by atoms with Crippen molar-refractivity contribution < 1.29 is 9.53 Å². The third kappa shape index (κ3) is 1.81.